The summed E-state index contributed by atoms with van der Waals surface area (Å²) in [5, 5.41) is 3.51. The van der Waals surface area contributed by atoms with Crippen LogP contribution in [-0.2, 0) is 5.41 Å². The molecule has 1 N–H and O–H groups in total. The third-order valence-corrected chi connectivity index (χ3v) is 4.90. The van der Waals surface area contributed by atoms with Gasteiger partial charge < -0.3 is 5.32 Å². The molecule has 2 atom stereocenters. The van der Waals surface area contributed by atoms with Crippen LogP contribution in [0.25, 0.3) is 0 Å². The summed E-state index contributed by atoms with van der Waals surface area (Å²) in [5.41, 5.74) is 3.77. The average Bonchev–Trinajstić information content (AvgIpc) is 3.22. The SMILES string of the molecule is c1cc(C23CCNCC2C3)ccc1C1CC1. The molecule has 4 rings (SSSR count). The van der Waals surface area contributed by atoms with Crippen molar-refractivity contribution < 1.29 is 0 Å². The van der Waals surface area contributed by atoms with Gasteiger partial charge in [-0.15, -0.1) is 0 Å². The van der Waals surface area contributed by atoms with Crippen molar-refractivity contribution >= 4 is 0 Å². The van der Waals surface area contributed by atoms with Crippen LogP contribution in [0.4, 0.5) is 0 Å². The molecule has 0 radical (unpaired) electrons. The second kappa shape index (κ2) is 3.10. The van der Waals surface area contributed by atoms with Crippen LogP contribution in [0.1, 0.15) is 42.7 Å². The van der Waals surface area contributed by atoms with Gasteiger partial charge in [0, 0.05) is 5.41 Å². The first kappa shape index (κ1) is 9.23. The number of piperidine rings is 1. The van der Waals surface area contributed by atoms with Gasteiger partial charge in [0.25, 0.3) is 0 Å². The molecule has 0 amide bonds. The minimum Gasteiger partial charge on any atom is -0.316 e. The van der Waals surface area contributed by atoms with E-state index in [0.717, 1.165) is 11.8 Å². The molecule has 0 spiro atoms. The van der Waals surface area contributed by atoms with Gasteiger partial charge in [0.05, 0.1) is 0 Å². The predicted molar refractivity (Wildman–Crippen MR) is 65.7 cm³/mol. The molecule has 3 fully saturated rings. The maximum absolute atomic E-state index is 3.51. The van der Waals surface area contributed by atoms with Gasteiger partial charge in [-0.25, -0.2) is 0 Å². The smallest absolute Gasteiger partial charge is 0.000912 e. The first-order valence-corrected chi connectivity index (χ1v) is 6.70. The van der Waals surface area contributed by atoms with Crippen LogP contribution in [0.3, 0.4) is 0 Å². The van der Waals surface area contributed by atoms with Gasteiger partial charge in [0.1, 0.15) is 0 Å². The lowest BCUT2D eigenvalue weighted by atomic mass is 9.87. The molecule has 2 unspecified atom stereocenters. The van der Waals surface area contributed by atoms with Crippen molar-refractivity contribution in [3.05, 3.63) is 35.4 Å². The van der Waals surface area contributed by atoms with Crippen LogP contribution in [0.2, 0.25) is 0 Å². The van der Waals surface area contributed by atoms with E-state index in [1.165, 1.54) is 38.8 Å². The third-order valence-electron chi connectivity index (χ3n) is 4.90. The Morgan fingerprint density at radius 1 is 1.12 bits per heavy atom. The Labute approximate surface area is 97.2 Å². The van der Waals surface area contributed by atoms with Crippen molar-refractivity contribution in [2.75, 3.05) is 13.1 Å². The van der Waals surface area contributed by atoms with Crippen molar-refractivity contribution in [1.82, 2.24) is 5.32 Å². The van der Waals surface area contributed by atoms with Crippen LogP contribution in [0, 0.1) is 5.92 Å². The molecular formula is C15H19N. The van der Waals surface area contributed by atoms with E-state index in [4.69, 9.17) is 0 Å². The molecule has 1 aliphatic heterocycles. The molecule has 1 aromatic carbocycles. The average molecular weight is 213 g/mol. The van der Waals surface area contributed by atoms with E-state index >= 15 is 0 Å². The van der Waals surface area contributed by atoms with Gasteiger partial charge in [0.15, 0.2) is 0 Å². The fraction of sp³-hybridized carbons (Fsp3) is 0.600. The highest BCUT2D eigenvalue weighted by molar-refractivity contribution is 5.38. The van der Waals surface area contributed by atoms with E-state index in [-0.39, 0.29) is 0 Å². The number of hydrogen-bond donors (Lipinski definition) is 1. The van der Waals surface area contributed by atoms with Gasteiger partial charge >= 0.3 is 0 Å². The summed E-state index contributed by atoms with van der Waals surface area (Å²) in [6.45, 7) is 2.45. The summed E-state index contributed by atoms with van der Waals surface area (Å²) in [4.78, 5) is 0. The fourth-order valence-corrected chi connectivity index (χ4v) is 3.54. The zero-order valence-electron chi connectivity index (χ0n) is 9.71. The fourth-order valence-electron chi connectivity index (χ4n) is 3.54. The largest absolute Gasteiger partial charge is 0.316 e. The van der Waals surface area contributed by atoms with Crippen LogP contribution < -0.4 is 5.32 Å². The molecule has 1 heteroatoms. The van der Waals surface area contributed by atoms with Crippen LogP contribution >= 0.6 is 0 Å². The van der Waals surface area contributed by atoms with E-state index in [2.05, 4.69) is 29.6 Å². The quantitative estimate of drug-likeness (QED) is 0.796. The molecule has 1 saturated heterocycles. The second-order valence-electron chi connectivity index (χ2n) is 5.91. The van der Waals surface area contributed by atoms with E-state index < -0.39 is 0 Å². The monoisotopic (exact) mass is 213 g/mol. The topological polar surface area (TPSA) is 12.0 Å². The van der Waals surface area contributed by atoms with Gasteiger partial charge in [-0.3, -0.25) is 0 Å². The van der Waals surface area contributed by atoms with Gasteiger partial charge in [-0.05, 0) is 61.7 Å². The Kier molecular flexibility index (Phi) is 1.79. The first-order valence-electron chi connectivity index (χ1n) is 6.70. The van der Waals surface area contributed by atoms with E-state index in [1.807, 2.05) is 0 Å². The summed E-state index contributed by atoms with van der Waals surface area (Å²) in [5.74, 6) is 1.82. The normalized spacial score (nSPS) is 36.9. The summed E-state index contributed by atoms with van der Waals surface area (Å²) >= 11 is 0. The molecule has 0 aromatic heterocycles. The lowest BCUT2D eigenvalue weighted by molar-refractivity contribution is 0.445. The van der Waals surface area contributed by atoms with Crippen molar-refractivity contribution in [2.45, 2.75) is 37.0 Å². The van der Waals surface area contributed by atoms with E-state index in [1.54, 1.807) is 11.1 Å². The Balaban J connectivity index is 1.62. The van der Waals surface area contributed by atoms with Crippen LogP contribution in [-0.4, -0.2) is 13.1 Å². The Morgan fingerprint density at radius 2 is 1.94 bits per heavy atom. The molecule has 2 saturated carbocycles. The highest BCUT2D eigenvalue weighted by atomic mass is 14.9. The van der Waals surface area contributed by atoms with Gasteiger partial charge in [-0.2, -0.15) is 0 Å². The Hall–Kier alpha value is -0.820. The lowest BCUT2D eigenvalue weighted by Crippen LogP contribution is -2.31. The van der Waals surface area contributed by atoms with Crippen LogP contribution in [0.5, 0.6) is 0 Å². The minimum atomic E-state index is 0.577. The van der Waals surface area contributed by atoms with Crippen molar-refractivity contribution in [2.24, 2.45) is 5.92 Å². The summed E-state index contributed by atoms with van der Waals surface area (Å²) in [6.07, 6.45) is 5.59. The molecule has 0 bridgehead atoms. The first-order chi connectivity index (χ1) is 7.88. The van der Waals surface area contributed by atoms with Crippen LogP contribution in [0.15, 0.2) is 24.3 Å². The van der Waals surface area contributed by atoms with Crippen molar-refractivity contribution in [1.29, 1.82) is 0 Å². The van der Waals surface area contributed by atoms with Gasteiger partial charge in [-0.1, -0.05) is 24.3 Å². The molecule has 1 nitrogen and oxygen atoms in total. The van der Waals surface area contributed by atoms with E-state index in [9.17, 15) is 0 Å². The molecule has 84 valence electrons. The maximum Gasteiger partial charge on any atom is 0.000912 e. The predicted octanol–water partition coefficient (Wildman–Crippen LogP) is 2.82. The molecule has 3 aliphatic rings. The lowest BCUT2D eigenvalue weighted by Gasteiger charge is -2.23. The number of rotatable bonds is 2. The molecule has 16 heavy (non-hydrogen) atoms. The Morgan fingerprint density at radius 3 is 2.62 bits per heavy atom. The zero-order chi connectivity index (χ0) is 10.6. The second-order valence-corrected chi connectivity index (χ2v) is 5.91. The maximum atomic E-state index is 3.51. The Bertz CT molecular complexity index is 404. The number of hydrogen-bond acceptors (Lipinski definition) is 1. The highest BCUT2D eigenvalue weighted by Gasteiger charge is 2.55. The summed E-state index contributed by atoms with van der Waals surface area (Å²) in [6, 6.07) is 9.61. The van der Waals surface area contributed by atoms with E-state index in [0.29, 0.717) is 5.41 Å². The number of fused-ring (bicyclic) bond motifs is 1. The molecule has 1 heterocycles. The summed E-state index contributed by atoms with van der Waals surface area (Å²) < 4.78 is 0. The summed E-state index contributed by atoms with van der Waals surface area (Å²) in [7, 11) is 0. The minimum absolute atomic E-state index is 0.577. The highest BCUT2D eigenvalue weighted by Crippen LogP contribution is 2.57. The zero-order valence-corrected chi connectivity index (χ0v) is 9.71. The van der Waals surface area contributed by atoms with Gasteiger partial charge in [0.2, 0.25) is 0 Å². The molecule has 2 aliphatic carbocycles. The number of nitrogens with one attached hydrogen (secondary N) is 1. The molecule has 1 aromatic rings. The van der Waals surface area contributed by atoms with Crippen molar-refractivity contribution in [3.8, 4) is 0 Å². The third kappa shape index (κ3) is 1.27. The number of benzene rings is 1. The molecular weight excluding hydrogens is 194 g/mol. The van der Waals surface area contributed by atoms with Crippen molar-refractivity contribution in [3.63, 3.8) is 0 Å². The standard InChI is InChI=1S/C15H19N/c1-2-11(1)12-3-5-13(6-4-12)15-7-8-16-10-14(15)9-15/h3-6,11,14,16H,1-2,7-10H2.